The second-order valence-corrected chi connectivity index (χ2v) is 4.87. The number of benzene rings is 2. The molecule has 0 fully saturated rings. The Morgan fingerprint density at radius 3 is 2.70 bits per heavy atom. The van der Waals surface area contributed by atoms with Gasteiger partial charge in [-0.15, -0.1) is 0 Å². The van der Waals surface area contributed by atoms with E-state index in [1.807, 2.05) is 18.2 Å². The van der Waals surface area contributed by atoms with E-state index in [0.717, 1.165) is 11.1 Å². The molecule has 2 aromatic rings. The molecular weight excluding hydrogens is 256 g/mol. The number of hydrogen-bond donors (Lipinski definition) is 3. The van der Waals surface area contributed by atoms with Crippen LogP contribution in [0.3, 0.4) is 0 Å². The average Bonchev–Trinajstić information content (AvgIpc) is 2.89. The van der Waals surface area contributed by atoms with Gasteiger partial charge in [0.2, 0.25) is 0 Å². The Labute approximate surface area is 114 Å². The van der Waals surface area contributed by atoms with E-state index in [9.17, 15) is 14.7 Å². The van der Waals surface area contributed by atoms with Crippen LogP contribution >= 0.6 is 0 Å². The van der Waals surface area contributed by atoms with Gasteiger partial charge in [0.15, 0.2) is 5.78 Å². The normalized spacial score (nSPS) is 18.2. The van der Waals surface area contributed by atoms with Crippen LogP contribution in [0.2, 0.25) is 0 Å². The van der Waals surface area contributed by atoms with Gasteiger partial charge in [0.25, 0.3) is 0 Å². The summed E-state index contributed by atoms with van der Waals surface area (Å²) in [5.74, 6) is -1.07. The van der Waals surface area contributed by atoms with Crippen LogP contribution in [0.5, 0.6) is 0 Å². The van der Waals surface area contributed by atoms with Gasteiger partial charge >= 0.3 is 5.97 Å². The topological polar surface area (TPSA) is 78.4 Å². The molecule has 2 aliphatic rings. The van der Waals surface area contributed by atoms with Crippen molar-refractivity contribution in [3.8, 4) is 0 Å². The van der Waals surface area contributed by atoms with Gasteiger partial charge in [0.1, 0.15) is 0 Å². The number of hydrazine groups is 1. The molecule has 0 saturated heterocycles. The molecule has 4 rings (SSSR count). The Morgan fingerprint density at radius 1 is 1.10 bits per heavy atom. The number of rotatable bonds is 1. The Hall–Kier alpha value is -2.66. The smallest absolute Gasteiger partial charge is 0.337 e. The average molecular weight is 266 g/mol. The van der Waals surface area contributed by atoms with Crippen molar-refractivity contribution < 1.29 is 14.7 Å². The summed E-state index contributed by atoms with van der Waals surface area (Å²) in [5, 5.41) is 9.23. The Morgan fingerprint density at radius 2 is 1.90 bits per heavy atom. The SMILES string of the molecule is O=C(O)c1ccc2c3c1NNC3c1ccccc1C2=O. The van der Waals surface area contributed by atoms with Crippen molar-refractivity contribution in [3.63, 3.8) is 0 Å². The van der Waals surface area contributed by atoms with Gasteiger partial charge in [-0.2, -0.15) is 0 Å². The summed E-state index contributed by atoms with van der Waals surface area (Å²) in [5.41, 5.74) is 9.47. The van der Waals surface area contributed by atoms with E-state index in [1.165, 1.54) is 6.07 Å². The second kappa shape index (κ2) is 3.68. The lowest BCUT2D eigenvalue weighted by Gasteiger charge is -2.23. The highest BCUT2D eigenvalue weighted by atomic mass is 16.4. The summed E-state index contributed by atoms with van der Waals surface area (Å²) in [6, 6.07) is 10.3. The highest BCUT2D eigenvalue weighted by Gasteiger charge is 2.38. The Kier molecular flexibility index (Phi) is 2.06. The molecule has 98 valence electrons. The van der Waals surface area contributed by atoms with Crippen molar-refractivity contribution in [2.45, 2.75) is 6.04 Å². The maximum atomic E-state index is 12.5. The van der Waals surface area contributed by atoms with E-state index in [1.54, 1.807) is 12.1 Å². The molecule has 3 N–H and O–H groups in total. The molecule has 0 radical (unpaired) electrons. The van der Waals surface area contributed by atoms with Gasteiger partial charge in [0, 0.05) is 16.7 Å². The zero-order valence-electron chi connectivity index (χ0n) is 10.3. The molecule has 1 atom stereocenters. The quantitative estimate of drug-likeness (QED) is 0.735. The van der Waals surface area contributed by atoms with Crippen molar-refractivity contribution >= 4 is 17.4 Å². The van der Waals surface area contributed by atoms with Gasteiger partial charge in [-0.25, -0.2) is 10.2 Å². The summed E-state index contributed by atoms with van der Waals surface area (Å²) >= 11 is 0. The molecule has 5 heteroatoms. The molecule has 20 heavy (non-hydrogen) atoms. The van der Waals surface area contributed by atoms with Gasteiger partial charge < -0.3 is 10.5 Å². The Balaban J connectivity index is 2.04. The summed E-state index contributed by atoms with van der Waals surface area (Å²) in [7, 11) is 0. The third kappa shape index (κ3) is 1.24. The van der Waals surface area contributed by atoms with Crippen LogP contribution in [0.15, 0.2) is 36.4 Å². The third-order valence-corrected chi connectivity index (χ3v) is 3.87. The molecule has 1 heterocycles. The number of carboxylic acid groups (broad SMARTS) is 1. The third-order valence-electron chi connectivity index (χ3n) is 3.87. The number of carbonyl (C=O) groups is 2. The van der Waals surface area contributed by atoms with Crippen LogP contribution in [0.4, 0.5) is 5.69 Å². The van der Waals surface area contributed by atoms with E-state index >= 15 is 0 Å². The minimum Gasteiger partial charge on any atom is -0.478 e. The fourth-order valence-electron chi connectivity index (χ4n) is 2.98. The lowest BCUT2D eigenvalue weighted by molar-refractivity contribution is 0.0697. The minimum atomic E-state index is -1.01. The second-order valence-electron chi connectivity index (χ2n) is 4.87. The van der Waals surface area contributed by atoms with Crippen LogP contribution in [0.25, 0.3) is 0 Å². The maximum absolute atomic E-state index is 12.5. The number of ketones is 1. The minimum absolute atomic E-state index is 0.0597. The lowest BCUT2D eigenvalue weighted by Crippen LogP contribution is -2.25. The first-order valence-electron chi connectivity index (χ1n) is 6.24. The van der Waals surface area contributed by atoms with Gasteiger partial charge in [0.05, 0.1) is 17.3 Å². The van der Waals surface area contributed by atoms with Crippen LogP contribution < -0.4 is 10.9 Å². The molecule has 5 nitrogen and oxygen atoms in total. The number of carbonyl (C=O) groups excluding carboxylic acids is 1. The van der Waals surface area contributed by atoms with Crippen molar-refractivity contribution in [2.24, 2.45) is 0 Å². The molecular formula is C15H10N2O3. The van der Waals surface area contributed by atoms with E-state index < -0.39 is 5.97 Å². The van der Waals surface area contributed by atoms with E-state index in [0.29, 0.717) is 16.8 Å². The molecule has 0 bridgehead atoms. The zero-order chi connectivity index (χ0) is 13.9. The predicted octanol–water partition coefficient (Wildman–Crippen LogP) is 1.95. The first-order chi connectivity index (χ1) is 9.68. The van der Waals surface area contributed by atoms with Crippen LogP contribution in [-0.2, 0) is 0 Å². The number of aromatic carboxylic acids is 1. The molecule has 0 spiro atoms. The maximum Gasteiger partial charge on any atom is 0.337 e. The van der Waals surface area contributed by atoms with Crippen molar-refractivity contribution in [3.05, 3.63) is 64.2 Å². The Bertz CT molecular complexity index is 783. The zero-order valence-corrected chi connectivity index (χ0v) is 10.3. The highest BCUT2D eigenvalue weighted by molar-refractivity contribution is 6.15. The number of fused-ring (bicyclic) bond motifs is 2. The molecule has 1 unspecified atom stereocenters. The largest absolute Gasteiger partial charge is 0.478 e. The highest BCUT2D eigenvalue weighted by Crippen LogP contribution is 2.43. The molecule has 0 amide bonds. The first-order valence-corrected chi connectivity index (χ1v) is 6.24. The predicted molar refractivity (Wildman–Crippen MR) is 71.9 cm³/mol. The monoisotopic (exact) mass is 266 g/mol. The van der Waals surface area contributed by atoms with E-state index in [2.05, 4.69) is 10.9 Å². The number of anilines is 1. The van der Waals surface area contributed by atoms with Crippen molar-refractivity contribution in [1.29, 1.82) is 0 Å². The van der Waals surface area contributed by atoms with Gasteiger partial charge in [-0.1, -0.05) is 24.3 Å². The number of carboxylic acids is 1. The van der Waals surface area contributed by atoms with Crippen LogP contribution in [0.1, 0.15) is 43.4 Å². The molecule has 1 aliphatic carbocycles. The molecule has 1 aliphatic heterocycles. The van der Waals surface area contributed by atoms with Crippen LogP contribution in [0, 0.1) is 0 Å². The fraction of sp³-hybridized carbons (Fsp3) is 0.0667. The van der Waals surface area contributed by atoms with Crippen LogP contribution in [-0.4, -0.2) is 16.9 Å². The fourth-order valence-corrected chi connectivity index (χ4v) is 2.98. The summed E-state index contributed by atoms with van der Waals surface area (Å²) in [6.07, 6.45) is 0. The first kappa shape index (κ1) is 11.2. The number of hydrogen-bond acceptors (Lipinski definition) is 4. The summed E-state index contributed by atoms with van der Waals surface area (Å²) in [4.78, 5) is 23.8. The van der Waals surface area contributed by atoms with E-state index in [4.69, 9.17) is 0 Å². The van der Waals surface area contributed by atoms with Gasteiger partial charge in [-0.05, 0) is 17.7 Å². The summed E-state index contributed by atoms with van der Waals surface area (Å²) in [6.45, 7) is 0. The summed E-state index contributed by atoms with van der Waals surface area (Å²) < 4.78 is 0. The molecule has 0 aromatic heterocycles. The van der Waals surface area contributed by atoms with Gasteiger partial charge in [-0.3, -0.25) is 4.79 Å². The standard InChI is InChI=1S/C15H10N2O3/c18-14-8-4-2-1-3-7(8)12-11-9(14)5-6-10(15(19)20)13(11)17-16-12/h1-6,12,16-17H,(H,19,20). The lowest BCUT2D eigenvalue weighted by atomic mass is 9.81. The molecule has 0 saturated carbocycles. The van der Waals surface area contributed by atoms with E-state index in [-0.39, 0.29) is 17.4 Å². The van der Waals surface area contributed by atoms with Crippen molar-refractivity contribution in [1.82, 2.24) is 5.43 Å². The molecule has 2 aromatic carbocycles. The number of nitrogens with one attached hydrogen (secondary N) is 2. The van der Waals surface area contributed by atoms with Crippen molar-refractivity contribution in [2.75, 3.05) is 5.43 Å².